The molecule has 0 aliphatic carbocycles. The van der Waals surface area contributed by atoms with Crippen LogP contribution in [-0.4, -0.2) is 17.9 Å². The van der Waals surface area contributed by atoms with Crippen molar-refractivity contribution in [3.63, 3.8) is 0 Å². The predicted molar refractivity (Wildman–Crippen MR) is 106 cm³/mol. The lowest BCUT2D eigenvalue weighted by molar-refractivity contribution is 0.0872. The van der Waals surface area contributed by atoms with Gasteiger partial charge in [0.15, 0.2) is 6.17 Å². The summed E-state index contributed by atoms with van der Waals surface area (Å²) in [6.45, 7) is 4.04. The van der Waals surface area contributed by atoms with E-state index in [0.717, 1.165) is 11.3 Å². The van der Waals surface area contributed by atoms with E-state index in [1.54, 1.807) is 30.3 Å². The average molecular weight is 364 g/mol. The average Bonchev–Trinajstić information content (AvgIpc) is 3.19. The lowest BCUT2D eigenvalue weighted by Crippen LogP contribution is -2.46. The third-order valence-corrected chi connectivity index (χ3v) is 5.03. The highest BCUT2D eigenvalue weighted by Crippen LogP contribution is 2.17. The standard InChI is InChI=1S/C21H20N2O2S/c1-14-10-11-17(13-15(14)2)22-20(19(24)16-7-4-3-5-8-16)23-21(25)18-9-6-12-26-18/h3-13,20,22H,1-2H3,(H,23,25)/t20-/m0/s1. The number of benzene rings is 2. The first-order valence-corrected chi connectivity index (χ1v) is 9.20. The molecule has 3 aromatic rings. The predicted octanol–water partition coefficient (Wildman–Crippen LogP) is 4.42. The van der Waals surface area contributed by atoms with Crippen LogP contribution in [0.4, 0.5) is 5.69 Å². The lowest BCUT2D eigenvalue weighted by Gasteiger charge is -2.20. The zero-order valence-electron chi connectivity index (χ0n) is 14.7. The molecule has 0 bridgehead atoms. The van der Waals surface area contributed by atoms with Crippen molar-refractivity contribution in [2.75, 3.05) is 5.32 Å². The molecule has 4 nitrogen and oxygen atoms in total. The van der Waals surface area contributed by atoms with E-state index < -0.39 is 6.17 Å². The molecule has 0 saturated carbocycles. The van der Waals surface area contributed by atoms with Crippen LogP contribution < -0.4 is 10.6 Å². The number of hydrogen-bond donors (Lipinski definition) is 2. The van der Waals surface area contributed by atoms with Gasteiger partial charge in [-0.3, -0.25) is 9.59 Å². The van der Waals surface area contributed by atoms with Gasteiger partial charge < -0.3 is 10.6 Å². The molecule has 5 heteroatoms. The van der Waals surface area contributed by atoms with E-state index in [2.05, 4.69) is 10.6 Å². The molecule has 1 heterocycles. The number of anilines is 1. The molecule has 26 heavy (non-hydrogen) atoms. The Morgan fingerprint density at radius 2 is 1.69 bits per heavy atom. The van der Waals surface area contributed by atoms with Crippen LogP contribution in [0.3, 0.4) is 0 Å². The number of amides is 1. The van der Waals surface area contributed by atoms with Crippen molar-refractivity contribution in [2.45, 2.75) is 20.0 Å². The van der Waals surface area contributed by atoms with Crippen LogP contribution in [0, 0.1) is 13.8 Å². The molecule has 0 fully saturated rings. The number of thiophene rings is 1. The minimum Gasteiger partial charge on any atom is -0.359 e. The second-order valence-electron chi connectivity index (χ2n) is 6.06. The highest BCUT2D eigenvalue weighted by atomic mass is 32.1. The van der Waals surface area contributed by atoms with Gasteiger partial charge in [-0.15, -0.1) is 11.3 Å². The summed E-state index contributed by atoms with van der Waals surface area (Å²) in [4.78, 5) is 26.0. The molecule has 0 aliphatic rings. The summed E-state index contributed by atoms with van der Waals surface area (Å²) >= 11 is 1.34. The van der Waals surface area contributed by atoms with Gasteiger partial charge in [-0.2, -0.15) is 0 Å². The van der Waals surface area contributed by atoms with E-state index in [0.29, 0.717) is 10.4 Å². The fraction of sp³-hybridized carbons (Fsp3) is 0.143. The molecule has 3 rings (SSSR count). The largest absolute Gasteiger partial charge is 0.359 e. The maximum absolute atomic E-state index is 12.9. The van der Waals surface area contributed by atoms with E-state index in [1.165, 1.54) is 16.9 Å². The highest BCUT2D eigenvalue weighted by molar-refractivity contribution is 7.12. The lowest BCUT2D eigenvalue weighted by atomic mass is 10.1. The zero-order chi connectivity index (χ0) is 18.5. The fourth-order valence-corrected chi connectivity index (χ4v) is 3.17. The number of hydrogen-bond acceptors (Lipinski definition) is 4. The Bertz CT molecular complexity index is 905. The van der Waals surface area contributed by atoms with Crippen molar-refractivity contribution in [2.24, 2.45) is 0 Å². The monoisotopic (exact) mass is 364 g/mol. The van der Waals surface area contributed by atoms with Gasteiger partial charge in [0.25, 0.3) is 5.91 Å². The van der Waals surface area contributed by atoms with Gasteiger partial charge in [0.1, 0.15) is 0 Å². The number of carbonyl (C=O) groups excluding carboxylic acids is 2. The van der Waals surface area contributed by atoms with E-state index in [4.69, 9.17) is 0 Å². The van der Waals surface area contributed by atoms with Crippen LogP contribution >= 0.6 is 11.3 Å². The topological polar surface area (TPSA) is 58.2 Å². The molecule has 1 atom stereocenters. The molecule has 0 saturated heterocycles. The molecule has 132 valence electrons. The summed E-state index contributed by atoms with van der Waals surface area (Å²) in [6, 6.07) is 18.4. The number of rotatable bonds is 6. The van der Waals surface area contributed by atoms with Crippen molar-refractivity contribution >= 4 is 28.7 Å². The molecule has 2 N–H and O–H groups in total. The van der Waals surface area contributed by atoms with Crippen molar-refractivity contribution in [1.29, 1.82) is 0 Å². The summed E-state index contributed by atoms with van der Waals surface area (Å²) in [5, 5.41) is 7.81. The van der Waals surface area contributed by atoms with Gasteiger partial charge in [-0.1, -0.05) is 42.5 Å². The third kappa shape index (κ3) is 4.18. The SMILES string of the molecule is Cc1ccc(N[C@@H](NC(=O)c2cccs2)C(=O)c2ccccc2)cc1C. The molecular formula is C21H20N2O2S. The van der Waals surface area contributed by atoms with Gasteiger partial charge in [0, 0.05) is 11.3 Å². The first-order valence-electron chi connectivity index (χ1n) is 8.32. The Morgan fingerprint density at radius 3 is 2.35 bits per heavy atom. The number of ketones is 1. The second-order valence-corrected chi connectivity index (χ2v) is 7.01. The van der Waals surface area contributed by atoms with Gasteiger partial charge in [-0.05, 0) is 48.6 Å². The van der Waals surface area contributed by atoms with Crippen LogP contribution in [0.5, 0.6) is 0 Å². The Kier molecular flexibility index (Phi) is 5.49. The minimum absolute atomic E-state index is 0.186. The quantitative estimate of drug-likeness (QED) is 0.503. The van der Waals surface area contributed by atoms with Crippen LogP contribution in [0.1, 0.15) is 31.2 Å². The maximum Gasteiger partial charge on any atom is 0.263 e. The molecular weight excluding hydrogens is 344 g/mol. The summed E-state index contributed by atoms with van der Waals surface area (Å²) < 4.78 is 0. The van der Waals surface area contributed by atoms with E-state index >= 15 is 0 Å². The van der Waals surface area contributed by atoms with E-state index in [1.807, 2.05) is 49.6 Å². The number of nitrogens with one attached hydrogen (secondary N) is 2. The highest BCUT2D eigenvalue weighted by Gasteiger charge is 2.23. The van der Waals surface area contributed by atoms with Crippen LogP contribution in [-0.2, 0) is 0 Å². The van der Waals surface area contributed by atoms with Gasteiger partial charge in [-0.25, -0.2) is 0 Å². The Morgan fingerprint density at radius 1 is 0.923 bits per heavy atom. The molecule has 1 aromatic heterocycles. The van der Waals surface area contributed by atoms with Crippen molar-refractivity contribution in [3.05, 3.63) is 87.6 Å². The molecule has 0 radical (unpaired) electrons. The van der Waals surface area contributed by atoms with Gasteiger partial charge in [0.05, 0.1) is 4.88 Å². The molecule has 2 aromatic carbocycles. The third-order valence-electron chi connectivity index (χ3n) is 4.16. The fourth-order valence-electron chi connectivity index (χ4n) is 2.54. The first kappa shape index (κ1) is 17.9. The van der Waals surface area contributed by atoms with E-state index in [-0.39, 0.29) is 11.7 Å². The Hall–Kier alpha value is -2.92. The zero-order valence-corrected chi connectivity index (χ0v) is 15.5. The van der Waals surface area contributed by atoms with Crippen molar-refractivity contribution in [3.8, 4) is 0 Å². The summed E-state index contributed by atoms with van der Waals surface area (Å²) in [5.74, 6) is -0.459. The molecule has 0 unspecified atom stereocenters. The first-order chi connectivity index (χ1) is 12.5. The summed E-state index contributed by atoms with van der Waals surface area (Å²) in [7, 11) is 0. The Labute approximate surface area is 156 Å². The number of aryl methyl sites for hydroxylation is 2. The van der Waals surface area contributed by atoms with Crippen LogP contribution in [0.2, 0.25) is 0 Å². The molecule has 1 amide bonds. The van der Waals surface area contributed by atoms with Crippen molar-refractivity contribution in [1.82, 2.24) is 5.32 Å². The smallest absolute Gasteiger partial charge is 0.263 e. The summed E-state index contributed by atoms with van der Waals surface area (Å²) in [6.07, 6.45) is -0.853. The van der Waals surface area contributed by atoms with Gasteiger partial charge >= 0.3 is 0 Å². The number of carbonyl (C=O) groups is 2. The van der Waals surface area contributed by atoms with Crippen molar-refractivity contribution < 1.29 is 9.59 Å². The van der Waals surface area contributed by atoms with Crippen LogP contribution in [0.25, 0.3) is 0 Å². The minimum atomic E-state index is -0.853. The van der Waals surface area contributed by atoms with Crippen LogP contribution in [0.15, 0.2) is 66.0 Å². The Balaban J connectivity index is 1.86. The summed E-state index contributed by atoms with van der Waals surface area (Å²) in [5.41, 5.74) is 3.61. The van der Waals surface area contributed by atoms with E-state index in [9.17, 15) is 9.59 Å². The van der Waals surface area contributed by atoms with Gasteiger partial charge in [0.2, 0.25) is 5.78 Å². The normalized spacial score (nSPS) is 11.6. The number of Topliss-reactive ketones (excluding diaryl/α,β-unsaturated/α-hetero) is 1. The molecule has 0 aliphatic heterocycles. The maximum atomic E-state index is 12.9. The second kappa shape index (κ2) is 7.97. The molecule has 0 spiro atoms.